The van der Waals surface area contributed by atoms with E-state index in [1.54, 1.807) is 4.08 Å². The van der Waals surface area contributed by atoms with Gasteiger partial charge in [0.25, 0.3) is 0 Å². The van der Waals surface area contributed by atoms with Crippen molar-refractivity contribution in [2.45, 2.75) is 0 Å². The van der Waals surface area contributed by atoms with Gasteiger partial charge < -0.3 is 0 Å². The first-order chi connectivity index (χ1) is 5.38. The first-order valence-corrected chi connectivity index (χ1v) is 4.39. The Morgan fingerprint density at radius 1 is 1.36 bits per heavy atom. The molecular weight excluding hydrogens is 249 g/mol. The van der Waals surface area contributed by atoms with E-state index in [4.69, 9.17) is 5.26 Å². The third-order valence-corrected chi connectivity index (χ3v) is 1.94. The Kier molecular flexibility index (Phi) is 3.12. The van der Waals surface area contributed by atoms with Crippen molar-refractivity contribution < 1.29 is 0 Å². The molecule has 0 saturated heterocycles. The topological polar surface area (TPSA) is 23.8 Å². The number of rotatable bonds is 1. The fraction of sp³-hybridized carbons (Fsp3) is 0. The van der Waals surface area contributed by atoms with Crippen molar-refractivity contribution in [3.05, 3.63) is 40.0 Å². The number of benzene rings is 1. The summed E-state index contributed by atoms with van der Waals surface area (Å²) in [7, 11) is 0. The third kappa shape index (κ3) is 2.05. The molecule has 0 bridgehead atoms. The van der Waals surface area contributed by atoms with Gasteiger partial charge in [-0.05, 0) is 9.65 Å². The molecule has 0 aliphatic carbocycles. The molecule has 54 valence electrons. The lowest BCUT2D eigenvalue weighted by Gasteiger charge is -1.93. The van der Waals surface area contributed by atoms with Gasteiger partial charge in [0.15, 0.2) is 0 Å². The molecule has 0 radical (unpaired) electrons. The van der Waals surface area contributed by atoms with Gasteiger partial charge in [-0.25, -0.2) is 0 Å². The summed E-state index contributed by atoms with van der Waals surface area (Å²) in [5, 5.41) is 8.66. The summed E-state index contributed by atoms with van der Waals surface area (Å²) in [5.41, 5.74) is 1.69. The van der Waals surface area contributed by atoms with E-state index in [0.29, 0.717) is 5.57 Å². The van der Waals surface area contributed by atoms with Crippen LogP contribution in [0.3, 0.4) is 0 Å². The second-order valence-electron chi connectivity index (χ2n) is 2.00. The standard InChI is InChI=1S/C9H6IN/c10-6-9(7-11)8-4-2-1-3-5-8/h1-6H/b9-6+. The van der Waals surface area contributed by atoms with Gasteiger partial charge in [0.1, 0.15) is 6.07 Å². The lowest BCUT2D eigenvalue weighted by atomic mass is 10.1. The van der Waals surface area contributed by atoms with Gasteiger partial charge in [-0.1, -0.05) is 52.9 Å². The summed E-state index contributed by atoms with van der Waals surface area (Å²) in [5.74, 6) is 0. The largest absolute Gasteiger partial charge is 0.192 e. The van der Waals surface area contributed by atoms with Crippen LogP contribution in [0, 0.1) is 11.3 Å². The fourth-order valence-corrected chi connectivity index (χ4v) is 1.27. The monoisotopic (exact) mass is 255 g/mol. The molecule has 11 heavy (non-hydrogen) atoms. The zero-order valence-corrected chi connectivity index (χ0v) is 7.95. The van der Waals surface area contributed by atoms with Crippen LogP contribution in [-0.4, -0.2) is 0 Å². The van der Waals surface area contributed by atoms with Crippen LogP contribution in [-0.2, 0) is 0 Å². The van der Waals surface area contributed by atoms with E-state index in [1.807, 2.05) is 30.3 Å². The Morgan fingerprint density at radius 2 is 2.00 bits per heavy atom. The summed E-state index contributed by atoms with van der Waals surface area (Å²) >= 11 is 2.07. The van der Waals surface area contributed by atoms with E-state index in [9.17, 15) is 0 Å². The van der Waals surface area contributed by atoms with E-state index >= 15 is 0 Å². The summed E-state index contributed by atoms with van der Waals surface area (Å²) in [6.45, 7) is 0. The predicted octanol–water partition coefficient (Wildman–Crippen LogP) is 2.99. The van der Waals surface area contributed by atoms with E-state index in [-0.39, 0.29) is 0 Å². The number of hydrogen-bond donors (Lipinski definition) is 0. The first-order valence-electron chi connectivity index (χ1n) is 3.14. The van der Waals surface area contributed by atoms with E-state index in [1.165, 1.54) is 0 Å². The summed E-state index contributed by atoms with van der Waals surface area (Å²) < 4.78 is 1.78. The molecule has 1 nitrogen and oxygen atoms in total. The Hall–Kier alpha value is -0.820. The molecule has 0 atom stereocenters. The molecule has 0 aliphatic rings. The highest BCUT2D eigenvalue weighted by Crippen LogP contribution is 2.13. The molecule has 0 aliphatic heterocycles. The van der Waals surface area contributed by atoms with Crippen LogP contribution < -0.4 is 0 Å². The number of nitrogens with zero attached hydrogens (tertiary/aromatic N) is 1. The van der Waals surface area contributed by atoms with Crippen LogP contribution in [0.25, 0.3) is 5.57 Å². The minimum atomic E-state index is 0.714. The maximum Gasteiger partial charge on any atom is 0.100 e. The second-order valence-corrected chi connectivity index (χ2v) is 2.62. The zero-order valence-electron chi connectivity index (χ0n) is 5.79. The van der Waals surface area contributed by atoms with Crippen LogP contribution >= 0.6 is 22.6 Å². The zero-order chi connectivity index (χ0) is 8.10. The molecule has 0 aromatic heterocycles. The highest BCUT2D eigenvalue weighted by atomic mass is 127. The van der Waals surface area contributed by atoms with Gasteiger partial charge in [0.2, 0.25) is 0 Å². The molecule has 1 aromatic carbocycles. The quantitative estimate of drug-likeness (QED) is 0.559. The maximum absolute atomic E-state index is 8.66. The van der Waals surface area contributed by atoms with Crippen LogP contribution in [0.5, 0.6) is 0 Å². The molecule has 0 amide bonds. The van der Waals surface area contributed by atoms with Crippen LogP contribution in [0.1, 0.15) is 5.56 Å². The Bertz CT molecular complexity index is 295. The maximum atomic E-state index is 8.66. The minimum Gasteiger partial charge on any atom is -0.192 e. The number of hydrogen-bond acceptors (Lipinski definition) is 1. The Morgan fingerprint density at radius 3 is 2.45 bits per heavy atom. The molecular formula is C9H6IN. The Balaban J connectivity index is 3.05. The number of allylic oxidation sites excluding steroid dienone is 1. The van der Waals surface area contributed by atoms with Gasteiger partial charge in [-0.15, -0.1) is 0 Å². The van der Waals surface area contributed by atoms with Crippen LogP contribution in [0.15, 0.2) is 34.4 Å². The molecule has 2 heteroatoms. The van der Waals surface area contributed by atoms with E-state index in [2.05, 4.69) is 28.7 Å². The average molecular weight is 255 g/mol. The highest BCUT2D eigenvalue weighted by molar-refractivity contribution is 14.1. The van der Waals surface area contributed by atoms with Crippen molar-refractivity contribution in [1.82, 2.24) is 0 Å². The van der Waals surface area contributed by atoms with Crippen LogP contribution in [0.4, 0.5) is 0 Å². The van der Waals surface area contributed by atoms with E-state index in [0.717, 1.165) is 5.56 Å². The fourth-order valence-electron chi connectivity index (χ4n) is 0.770. The van der Waals surface area contributed by atoms with Gasteiger partial charge in [0.05, 0.1) is 5.57 Å². The van der Waals surface area contributed by atoms with Gasteiger partial charge in [0, 0.05) is 0 Å². The van der Waals surface area contributed by atoms with Gasteiger partial charge in [-0.3, -0.25) is 0 Å². The van der Waals surface area contributed by atoms with Crippen molar-refractivity contribution in [3.8, 4) is 6.07 Å². The smallest absolute Gasteiger partial charge is 0.100 e. The molecule has 0 fully saturated rings. The summed E-state index contributed by atoms with van der Waals surface area (Å²) in [6, 6.07) is 11.8. The third-order valence-electron chi connectivity index (χ3n) is 1.31. The molecule has 0 heterocycles. The molecule has 0 saturated carbocycles. The van der Waals surface area contributed by atoms with Crippen molar-refractivity contribution in [2.75, 3.05) is 0 Å². The number of nitriles is 1. The van der Waals surface area contributed by atoms with Crippen molar-refractivity contribution in [3.63, 3.8) is 0 Å². The summed E-state index contributed by atoms with van der Waals surface area (Å²) in [4.78, 5) is 0. The molecule has 1 rings (SSSR count). The minimum absolute atomic E-state index is 0.714. The normalized spacial score (nSPS) is 10.7. The Labute approximate surface area is 79.5 Å². The lowest BCUT2D eigenvalue weighted by molar-refractivity contribution is 1.52. The average Bonchev–Trinajstić information content (AvgIpc) is 2.09. The van der Waals surface area contributed by atoms with Crippen molar-refractivity contribution in [2.24, 2.45) is 0 Å². The van der Waals surface area contributed by atoms with Gasteiger partial charge >= 0.3 is 0 Å². The van der Waals surface area contributed by atoms with E-state index < -0.39 is 0 Å². The summed E-state index contributed by atoms with van der Waals surface area (Å²) in [6.07, 6.45) is 0. The van der Waals surface area contributed by atoms with Gasteiger partial charge in [-0.2, -0.15) is 5.26 Å². The second kappa shape index (κ2) is 4.14. The molecule has 1 aromatic rings. The number of halogens is 1. The van der Waals surface area contributed by atoms with Crippen molar-refractivity contribution in [1.29, 1.82) is 5.26 Å². The molecule has 0 spiro atoms. The van der Waals surface area contributed by atoms with Crippen LogP contribution in [0.2, 0.25) is 0 Å². The molecule has 0 unspecified atom stereocenters. The lowest BCUT2D eigenvalue weighted by Crippen LogP contribution is -1.76. The molecule has 0 N–H and O–H groups in total. The first kappa shape index (κ1) is 8.28. The van der Waals surface area contributed by atoms with Crippen molar-refractivity contribution >= 4 is 28.2 Å². The highest BCUT2D eigenvalue weighted by Gasteiger charge is 1.95. The predicted molar refractivity (Wildman–Crippen MR) is 54.1 cm³/mol. The SMILES string of the molecule is N#C/C(=C\I)c1ccccc1.